The normalized spacial score (nSPS) is 14.1. The van der Waals surface area contributed by atoms with Crippen molar-refractivity contribution in [3.63, 3.8) is 0 Å². The Balaban J connectivity index is 2.62. The maximum atomic E-state index is 13.5. The summed E-state index contributed by atoms with van der Waals surface area (Å²) in [6.07, 6.45) is 1.51. The molecule has 0 spiro atoms. The molecular formula is C14H20FNO3. The summed E-state index contributed by atoms with van der Waals surface area (Å²) in [6, 6.07) is 3.68. The maximum absolute atomic E-state index is 13.5. The Kier molecular flexibility index (Phi) is 5.44. The molecular weight excluding hydrogens is 249 g/mol. The van der Waals surface area contributed by atoms with Gasteiger partial charge in [-0.3, -0.25) is 0 Å². The smallest absolute Gasteiger partial charge is 0.335 e. The minimum Gasteiger partial charge on any atom is -0.478 e. The maximum Gasteiger partial charge on any atom is 0.335 e. The molecule has 0 aliphatic rings. The lowest BCUT2D eigenvalue weighted by Crippen LogP contribution is -2.37. The fourth-order valence-corrected chi connectivity index (χ4v) is 1.94. The van der Waals surface area contributed by atoms with E-state index in [9.17, 15) is 14.3 Å². The van der Waals surface area contributed by atoms with Gasteiger partial charge in [-0.1, -0.05) is 13.3 Å². The van der Waals surface area contributed by atoms with Crippen LogP contribution in [0, 0.1) is 5.82 Å². The molecule has 1 atom stereocenters. The lowest BCUT2D eigenvalue weighted by molar-refractivity contribution is 0.0496. The van der Waals surface area contributed by atoms with Gasteiger partial charge in [0.15, 0.2) is 0 Å². The Morgan fingerprint density at radius 1 is 1.47 bits per heavy atom. The predicted molar refractivity (Wildman–Crippen MR) is 70.6 cm³/mol. The zero-order valence-electron chi connectivity index (χ0n) is 11.2. The molecule has 0 aromatic heterocycles. The van der Waals surface area contributed by atoms with Crippen LogP contribution in [0.5, 0.6) is 0 Å². The summed E-state index contributed by atoms with van der Waals surface area (Å²) in [5.41, 5.74) is -0.499. The van der Waals surface area contributed by atoms with Gasteiger partial charge in [0, 0.05) is 18.7 Å². The van der Waals surface area contributed by atoms with Crippen LogP contribution in [0.25, 0.3) is 0 Å². The van der Waals surface area contributed by atoms with Crippen LogP contribution in [0.15, 0.2) is 18.2 Å². The van der Waals surface area contributed by atoms with Crippen LogP contribution < -0.4 is 5.32 Å². The molecule has 4 nitrogen and oxygen atoms in total. The second kappa shape index (κ2) is 6.63. The third-order valence-corrected chi connectivity index (χ3v) is 2.90. The average Bonchev–Trinajstić information content (AvgIpc) is 2.30. The molecule has 0 saturated carbocycles. The second-order valence-electron chi connectivity index (χ2n) is 4.96. The van der Waals surface area contributed by atoms with Crippen LogP contribution in [0.4, 0.5) is 4.39 Å². The molecule has 106 valence electrons. The topological polar surface area (TPSA) is 69.6 Å². The van der Waals surface area contributed by atoms with Crippen molar-refractivity contribution in [3.05, 3.63) is 35.1 Å². The van der Waals surface area contributed by atoms with Gasteiger partial charge in [-0.25, -0.2) is 9.18 Å². The van der Waals surface area contributed by atoms with E-state index in [1.54, 1.807) is 6.92 Å². The molecule has 1 aromatic rings. The van der Waals surface area contributed by atoms with Gasteiger partial charge in [-0.05, 0) is 31.5 Å². The van der Waals surface area contributed by atoms with E-state index in [4.69, 9.17) is 5.11 Å². The number of carboxylic acid groups (broad SMARTS) is 1. The number of nitrogens with one attached hydrogen (secondary N) is 1. The highest BCUT2D eigenvalue weighted by atomic mass is 19.1. The predicted octanol–water partition coefficient (Wildman–Crippen LogP) is 2.16. The van der Waals surface area contributed by atoms with Gasteiger partial charge >= 0.3 is 5.97 Å². The zero-order chi connectivity index (χ0) is 14.5. The van der Waals surface area contributed by atoms with Gasteiger partial charge in [0.25, 0.3) is 0 Å². The molecule has 0 fully saturated rings. The van der Waals surface area contributed by atoms with E-state index in [1.807, 2.05) is 6.92 Å². The Morgan fingerprint density at radius 3 is 2.74 bits per heavy atom. The number of aromatic carboxylic acids is 1. The monoisotopic (exact) mass is 269 g/mol. The summed E-state index contributed by atoms with van der Waals surface area (Å²) in [4.78, 5) is 10.8. The van der Waals surface area contributed by atoms with E-state index in [0.717, 1.165) is 12.5 Å². The largest absolute Gasteiger partial charge is 0.478 e. The molecule has 0 radical (unpaired) electrons. The quantitative estimate of drug-likeness (QED) is 0.709. The van der Waals surface area contributed by atoms with Crippen LogP contribution in [0.2, 0.25) is 0 Å². The highest BCUT2D eigenvalue weighted by Crippen LogP contribution is 2.13. The first kappa shape index (κ1) is 15.6. The molecule has 19 heavy (non-hydrogen) atoms. The summed E-state index contributed by atoms with van der Waals surface area (Å²) in [7, 11) is 0. The lowest BCUT2D eigenvalue weighted by atomic mass is 10.0. The number of benzene rings is 1. The molecule has 1 unspecified atom stereocenters. The number of hydrogen-bond donors (Lipinski definition) is 3. The molecule has 1 aromatic carbocycles. The van der Waals surface area contributed by atoms with Crippen molar-refractivity contribution >= 4 is 5.97 Å². The van der Waals surface area contributed by atoms with E-state index in [0.29, 0.717) is 13.0 Å². The number of aliphatic hydroxyl groups is 1. The average molecular weight is 269 g/mol. The van der Waals surface area contributed by atoms with E-state index in [1.165, 1.54) is 12.1 Å². The number of rotatable bonds is 7. The van der Waals surface area contributed by atoms with E-state index in [2.05, 4.69) is 5.32 Å². The SMILES string of the molecule is CCCC(C)(O)CNCc1cc(C(=O)O)ccc1F. The lowest BCUT2D eigenvalue weighted by Gasteiger charge is -2.23. The Bertz CT molecular complexity index is 446. The zero-order valence-corrected chi connectivity index (χ0v) is 11.2. The fourth-order valence-electron chi connectivity index (χ4n) is 1.94. The minimum absolute atomic E-state index is 0.0542. The molecule has 0 aliphatic heterocycles. The first-order valence-corrected chi connectivity index (χ1v) is 6.30. The number of halogens is 1. The second-order valence-corrected chi connectivity index (χ2v) is 4.96. The van der Waals surface area contributed by atoms with E-state index >= 15 is 0 Å². The first-order valence-electron chi connectivity index (χ1n) is 6.30. The van der Waals surface area contributed by atoms with Gasteiger partial charge in [0.1, 0.15) is 5.82 Å². The van der Waals surface area contributed by atoms with Crippen molar-refractivity contribution in [2.24, 2.45) is 0 Å². The van der Waals surface area contributed by atoms with Crippen molar-refractivity contribution in [2.75, 3.05) is 6.54 Å². The molecule has 3 N–H and O–H groups in total. The van der Waals surface area contributed by atoms with Crippen LogP contribution in [-0.2, 0) is 6.54 Å². The van der Waals surface area contributed by atoms with Crippen molar-refractivity contribution in [1.82, 2.24) is 5.32 Å². The molecule has 1 rings (SSSR count). The summed E-state index contributed by atoms with van der Waals surface area (Å²) >= 11 is 0. The van der Waals surface area contributed by atoms with Gasteiger partial charge in [-0.2, -0.15) is 0 Å². The number of carbonyl (C=O) groups is 1. The molecule has 0 bridgehead atoms. The summed E-state index contributed by atoms with van der Waals surface area (Å²) in [5, 5.41) is 21.7. The summed E-state index contributed by atoms with van der Waals surface area (Å²) < 4.78 is 13.5. The number of hydrogen-bond acceptors (Lipinski definition) is 3. The van der Waals surface area contributed by atoms with Gasteiger partial charge in [0.2, 0.25) is 0 Å². The third-order valence-electron chi connectivity index (χ3n) is 2.90. The number of carboxylic acids is 1. The standard InChI is InChI=1S/C14H20FNO3/c1-3-6-14(2,19)9-16-8-11-7-10(13(17)18)4-5-12(11)15/h4-5,7,16,19H,3,6,8-9H2,1-2H3,(H,17,18). The van der Waals surface area contributed by atoms with Crippen LogP contribution in [0.3, 0.4) is 0 Å². The minimum atomic E-state index is -1.08. The van der Waals surface area contributed by atoms with Crippen LogP contribution in [0.1, 0.15) is 42.6 Å². The van der Waals surface area contributed by atoms with Crippen molar-refractivity contribution in [3.8, 4) is 0 Å². The Morgan fingerprint density at radius 2 is 2.16 bits per heavy atom. The van der Waals surface area contributed by atoms with Crippen molar-refractivity contribution in [2.45, 2.75) is 38.8 Å². The van der Waals surface area contributed by atoms with Gasteiger partial charge in [-0.15, -0.1) is 0 Å². The molecule has 5 heteroatoms. The third kappa shape index (κ3) is 4.96. The molecule has 0 aliphatic carbocycles. The fraction of sp³-hybridized carbons (Fsp3) is 0.500. The van der Waals surface area contributed by atoms with Crippen molar-refractivity contribution in [1.29, 1.82) is 0 Å². The van der Waals surface area contributed by atoms with E-state index < -0.39 is 17.4 Å². The molecule has 0 heterocycles. The summed E-state index contributed by atoms with van der Waals surface area (Å²) in [6.45, 7) is 4.21. The highest BCUT2D eigenvalue weighted by Gasteiger charge is 2.18. The summed E-state index contributed by atoms with van der Waals surface area (Å²) in [5.74, 6) is -1.54. The van der Waals surface area contributed by atoms with Crippen LogP contribution >= 0.6 is 0 Å². The highest BCUT2D eigenvalue weighted by molar-refractivity contribution is 5.87. The Labute approximate surface area is 112 Å². The van der Waals surface area contributed by atoms with Crippen molar-refractivity contribution < 1.29 is 19.4 Å². The molecule has 0 saturated heterocycles. The Hall–Kier alpha value is -1.46. The van der Waals surface area contributed by atoms with Gasteiger partial charge < -0.3 is 15.5 Å². The first-order chi connectivity index (χ1) is 8.85. The molecule has 0 amide bonds. The van der Waals surface area contributed by atoms with Crippen LogP contribution in [-0.4, -0.2) is 28.3 Å². The van der Waals surface area contributed by atoms with E-state index in [-0.39, 0.29) is 17.7 Å². The van der Waals surface area contributed by atoms with Gasteiger partial charge in [0.05, 0.1) is 11.2 Å².